The molecule has 4 heteroatoms. The van der Waals surface area contributed by atoms with E-state index >= 15 is 0 Å². The van der Waals surface area contributed by atoms with Crippen molar-refractivity contribution in [2.24, 2.45) is 10.9 Å². The van der Waals surface area contributed by atoms with Crippen LogP contribution in [0.3, 0.4) is 0 Å². The predicted octanol–water partition coefficient (Wildman–Crippen LogP) is 2.02. The summed E-state index contributed by atoms with van der Waals surface area (Å²) in [4.78, 5) is 2.41. The molecule has 2 atom stereocenters. The van der Waals surface area contributed by atoms with Gasteiger partial charge in [-0.25, -0.2) is 0 Å². The summed E-state index contributed by atoms with van der Waals surface area (Å²) >= 11 is 0. The molecule has 0 aromatic heterocycles. The van der Waals surface area contributed by atoms with Crippen molar-refractivity contribution in [2.45, 2.75) is 59.0 Å². The SMILES string of the molecule is CCC(C)N(CC)C(CC)C/C(N)=N/O. The number of nitrogens with two attached hydrogens (primary N) is 1. The second-order valence-electron chi connectivity index (χ2n) is 3.95. The van der Waals surface area contributed by atoms with Crippen LogP contribution in [0.1, 0.15) is 47.0 Å². The maximum atomic E-state index is 8.57. The zero-order valence-corrected chi connectivity index (χ0v) is 10.4. The number of nitrogens with zero attached hydrogens (tertiary/aromatic N) is 2. The Morgan fingerprint density at radius 3 is 2.27 bits per heavy atom. The van der Waals surface area contributed by atoms with Crippen LogP contribution in [0.5, 0.6) is 0 Å². The van der Waals surface area contributed by atoms with E-state index in [4.69, 9.17) is 10.9 Å². The van der Waals surface area contributed by atoms with E-state index in [0.717, 1.165) is 19.4 Å². The molecule has 0 aliphatic heterocycles. The molecule has 0 bridgehead atoms. The molecule has 0 aromatic carbocycles. The van der Waals surface area contributed by atoms with Gasteiger partial charge in [0.15, 0.2) is 0 Å². The van der Waals surface area contributed by atoms with Gasteiger partial charge in [0, 0.05) is 18.5 Å². The van der Waals surface area contributed by atoms with Gasteiger partial charge < -0.3 is 10.9 Å². The minimum Gasteiger partial charge on any atom is -0.409 e. The zero-order valence-electron chi connectivity index (χ0n) is 10.4. The Morgan fingerprint density at radius 1 is 1.33 bits per heavy atom. The summed E-state index contributed by atoms with van der Waals surface area (Å²) in [6.07, 6.45) is 2.79. The van der Waals surface area contributed by atoms with Crippen molar-refractivity contribution in [1.82, 2.24) is 4.90 Å². The fourth-order valence-corrected chi connectivity index (χ4v) is 1.94. The lowest BCUT2D eigenvalue weighted by atomic mass is 10.1. The Bertz CT molecular complexity index is 194. The second kappa shape index (κ2) is 7.51. The number of rotatable bonds is 7. The van der Waals surface area contributed by atoms with Gasteiger partial charge in [-0.15, -0.1) is 0 Å². The molecule has 4 nitrogen and oxygen atoms in total. The van der Waals surface area contributed by atoms with Crippen LogP contribution in [-0.4, -0.2) is 34.6 Å². The van der Waals surface area contributed by atoms with E-state index in [2.05, 4.69) is 37.8 Å². The summed E-state index contributed by atoms with van der Waals surface area (Å²) in [6, 6.07) is 0.923. The predicted molar refractivity (Wildman–Crippen MR) is 64.2 cm³/mol. The van der Waals surface area contributed by atoms with Gasteiger partial charge in [0.25, 0.3) is 0 Å². The van der Waals surface area contributed by atoms with Crippen LogP contribution in [0.25, 0.3) is 0 Å². The average Bonchev–Trinajstić information content (AvgIpc) is 2.27. The highest BCUT2D eigenvalue weighted by molar-refractivity contribution is 5.80. The van der Waals surface area contributed by atoms with Crippen LogP contribution in [0.2, 0.25) is 0 Å². The highest BCUT2D eigenvalue weighted by Gasteiger charge is 2.20. The molecular weight excluding hydrogens is 190 g/mol. The monoisotopic (exact) mass is 215 g/mol. The van der Waals surface area contributed by atoms with E-state index < -0.39 is 0 Å². The normalized spacial score (nSPS) is 16.7. The maximum Gasteiger partial charge on any atom is 0.140 e. The van der Waals surface area contributed by atoms with Crippen molar-refractivity contribution < 1.29 is 5.21 Å². The smallest absolute Gasteiger partial charge is 0.140 e. The third-order valence-electron chi connectivity index (χ3n) is 3.04. The summed E-state index contributed by atoms with van der Waals surface area (Å²) in [5, 5.41) is 11.6. The van der Waals surface area contributed by atoms with Crippen LogP contribution in [0, 0.1) is 0 Å². The Labute approximate surface area is 93.1 Å². The molecule has 0 aliphatic carbocycles. The summed E-state index contributed by atoms with van der Waals surface area (Å²) in [6.45, 7) is 9.70. The van der Waals surface area contributed by atoms with Crippen LogP contribution in [0.15, 0.2) is 5.16 Å². The molecular formula is C11H25N3O. The number of oxime groups is 1. The fourth-order valence-electron chi connectivity index (χ4n) is 1.94. The van der Waals surface area contributed by atoms with Crippen molar-refractivity contribution in [3.8, 4) is 0 Å². The summed E-state index contributed by atoms with van der Waals surface area (Å²) in [5.74, 6) is 0.323. The lowest BCUT2D eigenvalue weighted by Gasteiger charge is -2.34. The van der Waals surface area contributed by atoms with E-state index in [-0.39, 0.29) is 0 Å². The summed E-state index contributed by atoms with van der Waals surface area (Å²) < 4.78 is 0. The van der Waals surface area contributed by atoms with Crippen molar-refractivity contribution in [3.05, 3.63) is 0 Å². The van der Waals surface area contributed by atoms with Crippen LogP contribution < -0.4 is 5.73 Å². The van der Waals surface area contributed by atoms with Gasteiger partial charge in [-0.05, 0) is 26.3 Å². The van der Waals surface area contributed by atoms with E-state index in [9.17, 15) is 0 Å². The average molecular weight is 215 g/mol. The molecule has 0 saturated heterocycles. The fraction of sp³-hybridized carbons (Fsp3) is 0.909. The molecule has 0 saturated carbocycles. The maximum absolute atomic E-state index is 8.57. The Morgan fingerprint density at radius 2 is 1.93 bits per heavy atom. The van der Waals surface area contributed by atoms with E-state index in [1.54, 1.807) is 0 Å². The molecule has 0 heterocycles. The zero-order chi connectivity index (χ0) is 11.8. The highest BCUT2D eigenvalue weighted by atomic mass is 16.4. The molecule has 0 spiro atoms. The van der Waals surface area contributed by atoms with Crippen LogP contribution >= 0.6 is 0 Å². The third-order valence-corrected chi connectivity index (χ3v) is 3.04. The number of hydrogen-bond acceptors (Lipinski definition) is 3. The standard InChI is InChI=1S/C11H25N3O/c1-5-9(4)14(7-3)10(6-2)8-11(12)13-15/h9-10,15H,5-8H2,1-4H3,(H2,12,13). The molecule has 2 unspecified atom stereocenters. The Balaban J connectivity index is 4.46. The second-order valence-corrected chi connectivity index (χ2v) is 3.95. The van der Waals surface area contributed by atoms with E-state index in [1.165, 1.54) is 0 Å². The van der Waals surface area contributed by atoms with Crippen molar-refractivity contribution in [2.75, 3.05) is 6.54 Å². The van der Waals surface area contributed by atoms with Gasteiger partial charge in [0.05, 0.1) is 0 Å². The van der Waals surface area contributed by atoms with Crippen LogP contribution in [-0.2, 0) is 0 Å². The molecule has 15 heavy (non-hydrogen) atoms. The lowest BCUT2D eigenvalue weighted by molar-refractivity contribution is 0.146. The first-order valence-corrected chi connectivity index (χ1v) is 5.82. The van der Waals surface area contributed by atoms with Crippen molar-refractivity contribution >= 4 is 5.84 Å². The third kappa shape index (κ3) is 4.51. The van der Waals surface area contributed by atoms with Gasteiger partial charge in [0.2, 0.25) is 0 Å². The topological polar surface area (TPSA) is 61.8 Å². The highest BCUT2D eigenvalue weighted by Crippen LogP contribution is 2.14. The Hall–Kier alpha value is -0.770. The quantitative estimate of drug-likeness (QED) is 0.295. The van der Waals surface area contributed by atoms with Gasteiger partial charge in [-0.2, -0.15) is 0 Å². The molecule has 3 N–H and O–H groups in total. The van der Waals surface area contributed by atoms with E-state index in [0.29, 0.717) is 24.3 Å². The van der Waals surface area contributed by atoms with Crippen molar-refractivity contribution in [1.29, 1.82) is 0 Å². The minimum atomic E-state index is 0.323. The molecule has 0 amide bonds. The molecule has 0 radical (unpaired) electrons. The summed E-state index contributed by atoms with van der Waals surface area (Å²) in [5.41, 5.74) is 5.56. The number of amidine groups is 1. The van der Waals surface area contributed by atoms with Crippen molar-refractivity contribution in [3.63, 3.8) is 0 Å². The van der Waals surface area contributed by atoms with Crippen LogP contribution in [0.4, 0.5) is 0 Å². The van der Waals surface area contributed by atoms with Gasteiger partial charge >= 0.3 is 0 Å². The largest absolute Gasteiger partial charge is 0.409 e. The molecule has 0 aliphatic rings. The minimum absolute atomic E-state index is 0.323. The molecule has 0 aromatic rings. The first kappa shape index (κ1) is 14.2. The number of hydrogen-bond donors (Lipinski definition) is 2. The van der Waals surface area contributed by atoms with E-state index in [1.807, 2.05) is 0 Å². The molecule has 90 valence electrons. The molecule has 0 fully saturated rings. The molecule has 0 rings (SSSR count). The summed E-state index contributed by atoms with van der Waals surface area (Å²) in [7, 11) is 0. The van der Waals surface area contributed by atoms with Gasteiger partial charge in [-0.3, -0.25) is 4.90 Å². The van der Waals surface area contributed by atoms with Gasteiger partial charge in [-0.1, -0.05) is 25.9 Å². The van der Waals surface area contributed by atoms with Gasteiger partial charge in [0.1, 0.15) is 5.84 Å². The first-order valence-electron chi connectivity index (χ1n) is 5.82. The lowest BCUT2D eigenvalue weighted by Crippen LogP contribution is -2.43. The Kier molecular flexibility index (Phi) is 7.13. The first-order chi connectivity index (χ1) is 7.10.